The van der Waals surface area contributed by atoms with Gasteiger partial charge in [-0.25, -0.2) is 14.2 Å². The van der Waals surface area contributed by atoms with Crippen LogP contribution in [0, 0.1) is 5.82 Å². The predicted molar refractivity (Wildman–Crippen MR) is 132 cm³/mol. The molecule has 5 rings (SSSR count). The summed E-state index contributed by atoms with van der Waals surface area (Å²) in [6.07, 6.45) is 2.76. The standard InChI is InChI=1S/C24H19ClFN7O4/c1-37-7-6-21(23-28-18-4-2-13(24(35)36)8-19(18)29-23)32-11-17(26)15(10-22(32)34)16-9-14(25)3-5-20(16)33-12-27-30-31-33/h2-5,8-12,21H,6-7H2,1H3,(H,28,29)(H,35,36). The number of H-pyrrole nitrogens is 1. The van der Waals surface area contributed by atoms with Crippen LogP contribution in [-0.2, 0) is 4.74 Å². The van der Waals surface area contributed by atoms with Crippen LogP contribution in [0.2, 0.25) is 5.02 Å². The molecule has 2 aromatic carbocycles. The van der Waals surface area contributed by atoms with E-state index in [1.807, 2.05) is 0 Å². The molecule has 0 radical (unpaired) electrons. The summed E-state index contributed by atoms with van der Waals surface area (Å²) in [6.45, 7) is 0.260. The van der Waals surface area contributed by atoms with Crippen LogP contribution < -0.4 is 5.56 Å². The minimum absolute atomic E-state index is 0.0236. The van der Waals surface area contributed by atoms with Crippen molar-refractivity contribution in [1.29, 1.82) is 0 Å². The number of imidazole rings is 1. The normalized spacial score (nSPS) is 12.2. The van der Waals surface area contributed by atoms with E-state index in [1.165, 1.54) is 47.0 Å². The number of carboxylic acid groups (broad SMARTS) is 1. The molecule has 37 heavy (non-hydrogen) atoms. The molecule has 0 amide bonds. The van der Waals surface area contributed by atoms with Crippen LogP contribution in [0.25, 0.3) is 27.8 Å². The summed E-state index contributed by atoms with van der Waals surface area (Å²) >= 11 is 6.18. The van der Waals surface area contributed by atoms with Gasteiger partial charge in [0, 0.05) is 42.1 Å². The first-order chi connectivity index (χ1) is 17.9. The fraction of sp³-hybridized carbons (Fsp3) is 0.167. The van der Waals surface area contributed by atoms with Crippen LogP contribution in [0.15, 0.2) is 59.8 Å². The summed E-state index contributed by atoms with van der Waals surface area (Å²) in [4.78, 5) is 32.3. The van der Waals surface area contributed by atoms with Crippen LogP contribution in [0.5, 0.6) is 0 Å². The first kappa shape index (κ1) is 24.3. The molecule has 0 spiro atoms. The third-order valence-corrected chi connectivity index (χ3v) is 6.11. The second kappa shape index (κ2) is 9.91. The largest absolute Gasteiger partial charge is 0.478 e. The molecule has 5 aromatic rings. The van der Waals surface area contributed by atoms with Crippen LogP contribution in [0.1, 0.15) is 28.6 Å². The Morgan fingerprint density at radius 1 is 1.22 bits per heavy atom. The Bertz CT molecular complexity index is 1670. The fourth-order valence-electron chi connectivity index (χ4n) is 4.12. The molecule has 0 saturated heterocycles. The van der Waals surface area contributed by atoms with Gasteiger partial charge in [-0.05, 0) is 53.2 Å². The van der Waals surface area contributed by atoms with E-state index in [-0.39, 0.29) is 17.7 Å². The highest BCUT2D eigenvalue weighted by Gasteiger charge is 2.23. The van der Waals surface area contributed by atoms with E-state index in [4.69, 9.17) is 16.3 Å². The monoisotopic (exact) mass is 523 g/mol. The van der Waals surface area contributed by atoms with Gasteiger partial charge < -0.3 is 19.4 Å². The Morgan fingerprint density at radius 2 is 2.05 bits per heavy atom. The summed E-state index contributed by atoms with van der Waals surface area (Å²) in [6, 6.07) is 9.70. The number of aromatic nitrogens is 7. The van der Waals surface area contributed by atoms with Gasteiger partial charge in [-0.1, -0.05) is 11.6 Å². The van der Waals surface area contributed by atoms with Gasteiger partial charge in [0.2, 0.25) is 0 Å². The van der Waals surface area contributed by atoms with Gasteiger partial charge in [0.05, 0.1) is 28.3 Å². The van der Waals surface area contributed by atoms with E-state index in [0.717, 1.165) is 6.20 Å². The molecule has 2 N–H and O–H groups in total. The number of pyridine rings is 1. The van der Waals surface area contributed by atoms with Gasteiger partial charge in [-0.2, -0.15) is 4.68 Å². The average molecular weight is 524 g/mol. The number of nitrogens with zero attached hydrogens (tertiary/aromatic N) is 6. The summed E-state index contributed by atoms with van der Waals surface area (Å²) in [5.41, 5.74) is 1.37. The minimum atomic E-state index is -1.08. The second-order valence-corrected chi connectivity index (χ2v) is 8.59. The van der Waals surface area contributed by atoms with Crippen molar-refractivity contribution in [3.8, 4) is 16.8 Å². The lowest BCUT2D eigenvalue weighted by Crippen LogP contribution is -2.27. The summed E-state index contributed by atoms with van der Waals surface area (Å²) in [5, 5.41) is 20.7. The number of ether oxygens (including phenoxy) is 1. The highest BCUT2D eigenvalue weighted by Crippen LogP contribution is 2.31. The van der Waals surface area contributed by atoms with E-state index in [9.17, 15) is 14.7 Å². The number of aromatic amines is 1. The molecule has 1 atom stereocenters. The topological polar surface area (TPSA) is 141 Å². The lowest BCUT2D eigenvalue weighted by molar-refractivity contribution is 0.0697. The van der Waals surface area contributed by atoms with E-state index in [1.54, 1.807) is 18.2 Å². The van der Waals surface area contributed by atoms with Crippen molar-refractivity contribution in [3.63, 3.8) is 0 Å². The molecule has 0 fully saturated rings. The Morgan fingerprint density at radius 3 is 2.78 bits per heavy atom. The second-order valence-electron chi connectivity index (χ2n) is 8.15. The number of halogens is 2. The van der Waals surface area contributed by atoms with Crippen molar-refractivity contribution in [2.45, 2.75) is 12.5 Å². The molecule has 1 unspecified atom stereocenters. The van der Waals surface area contributed by atoms with Crippen molar-refractivity contribution in [2.75, 3.05) is 13.7 Å². The van der Waals surface area contributed by atoms with E-state index in [0.29, 0.717) is 39.6 Å². The minimum Gasteiger partial charge on any atom is -0.478 e. The van der Waals surface area contributed by atoms with Gasteiger partial charge >= 0.3 is 5.97 Å². The quantitative estimate of drug-likeness (QED) is 0.315. The van der Waals surface area contributed by atoms with E-state index in [2.05, 4.69) is 25.5 Å². The number of aromatic carboxylic acids is 1. The number of carbonyl (C=O) groups is 1. The number of tetrazole rings is 1. The van der Waals surface area contributed by atoms with E-state index < -0.39 is 23.4 Å². The smallest absolute Gasteiger partial charge is 0.335 e. The Hall–Kier alpha value is -4.42. The fourth-order valence-corrected chi connectivity index (χ4v) is 4.29. The molecule has 3 aromatic heterocycles. The zero-order valence-electron chi connectivity index (χ0n) is 19.3. The molecule has 0 bridgehead atoms. The Kier molecular flexibility index (Phi) is 6.51. The zero-order chi connectivity index (χ0) is 26.1. The number of benzene rings is 2. The number of rotatable bonds is 8. The lowest BCUT2D eigenvalue weighted by atomic mass is 10.0. The van der Waals surface area contributed by atoms with Crippen molar-refractivity contribution < 1.29 is 19.0 Å². The van der Waals surface area contributed by atoms with Crippen LogP contribution in [-0.4, -0.2) is 59.5 Å². The number of hydrogen-bond acceptors (Lipinski definition) is 7. The van der Waals surface area contributed by atoms with Crippen LogP contribution in [0.4, 0.5) is 4.39 Å². The maximum atomic E-state index is 15.6. The maximum Gasteiger partial charge on any atom is 0.335 e. The number of fused-ring (bicyclic) bond motifs is 1. The predicted octanol–water partition coefficient (Wildman–Crippen LogP) is 3.48. The molecule has 13 heteroatoms. The lowest BCUT2D eigenvalue weighted by Gasteiger charge is -2.19. The molecular formula is C24H19ClFN7O4. The van der Waals surface area contributed by atoms with Crippen molar-refractivity contribution in [3.05, 3.63) is 87.6 Å². The van der Waals surface area contributed by atoms with Gasteiger partial charge in [-0.3, -0.25) is 4.79 Å². The van der Waals surface area contributed by atoms with Crippen LogP contribution in [0.3, 0.4) is 0 Å². The molecular weight excluding hydrogens is 505 g/mol. The number of methoxy groups -OCH3 is 1. The van der Waals surface area contributed by atoms with Gasteiger partial charge in [0.25, 0.3) is 5.56 Å². The summed E-state index contributed by atoms with van der Waals surface area (Å²) in [7, 11) is 1.51. The van der Waals surface area contributed by atoms with Crippen molar-refractivity contribution in [2.24, 2.45) is 0 Å². The van der Waals surface area contributed by atoms with E-state index >= 15 is 4.39 Å². The summed E-state index contributed by atoms with van der Waals surface area (Å²) in [5.74, 6) is -1.40. The van der Waals surface area contributed by atoms with Gasteiger partial charge in [-0.15, -0.1) is 5.10 Å². The molecule has 0 aliphatic carbocycles. The molecule has 3 heterocycles. The highest BCUT2D eigenvalue weighted by molar-refractivity contribution is 6.31. The Balaban J connectivity index is 1.61. The first-order valence-electron chi connectivity index (χ1n) is 11.0. The van der Waals surface area contributed by atoms with Gasteiger partial charge in [0.1, 0.15) is 18.0 Å². The van der Waals surface area contributed by atoms with Crippen molar-refractivity contribution >= 4 is 28.6 Å². The molecule has 188 valence electrons. The molecule has 11 nitrogen and oxygen atoms in total. The average Bonchev–Trinajstić information content (AvgIpc) is 3.55. The molecule has 0 saturated carbocycles. The Labute approximate surface area is 213 Å². The number of carboxylic acids is 1. The highest BCUT2D eigenvalue weighted by atomic mass is 35.5. The SMILES string of the molecule is COCCC(c1nc2cc(C(=O)O)ccc2[nH]1)n1cc(F)c(-c2cc(Cl)ccc2-n2cnnn2)cc1=O. The van der Waals surface area contributed by atoms with Crippen LogP contribution >= 0.6 is 11.6 Å². The zero-order valence-corrected chi connectivity index (χ0v) is 20.1. The third-order valence-electron chi connectivity index (χ3n) is 5.87. The number of hydrogen-bond donors (Lipinski definition) is 2. The maximum absolute atomic E-state index is 15.6. The van der Waals surface area contributed by atoms with Gasteiger partial charge in [0.15, 0.2) is 0 Å². The molecule has 0 aliphatic heterocycles. The first-order valence-corrected chi connectivity index (χ1v) is 11.4. The number of nitrogens with one attached hydrogen (secondary N) is 1. The van der Waals surface area contributed by atoms with Crippen molar-refractivity contribution in [1.82, 2.24) is 34.7 Å². The summed E-state index contributed by atoms with van der Waals surface area (Å²) < 4.78 is 23.4. The molecule has 0 aliphatic rings. The third kappa shape index (κ3) is 4.71.